The summed E-state index contributed by atoms with van der Waals surface area (Å²) < 4.78 is 0. The number of nitrogens with one attached hydrogen (secondary N) is 1. The zero-order valence-electron chi connectivity index (χ0n) is 16.7. The summed E-state index contributed by atoms with van der Waals surface area (Å²) in [6.45, 7) is 0.822. The molecule has 5 nitrogen and oxygen atoms in total. The molecule has 0 aliphatic rings. The molecule has 1 aromatic heterocycles. The van der Waals surface area contributed by atoms with Crippen molar-refractivity contribution in [3.05, 3.63) is 102 Å². The van der Waals surface area contributed by atoms with Crippen molar-refractivity contribution in [1.29, 1.82) is 0 Å². The van der Waals surface area contributed by atoms with Crippen molar-refractivity contribution in [3.63, 3.8) is 0 Å². The van der Waals surface area contributed by atoms with E-state index in [1.165, 1.54) is 11.6 Å². The third kappa shape index (κ3) is 4.89. The number of hydrogen-bond donors (Lipinski definition) is 1. The van der Waals surface area contributed by atoms with E-state index < -0.39 is 0 Å². The Hall–Kier alpha value is -3.99. The number of carbonyl (C=O) groups is 1. The Kier molecular flexibility index (Phi) is 5.80. The van der Waals surface area contributed by atoms with Crippen LogP contribution in [0.1, 0.15) is 11.3 Å². The zero-order chi connectivity index (χ0) is 20.8. The molecule has 0 unspecified atom stereocenters. The molecule has 0 atom stereocenters. The number of aromatic nitrogens is 2. The zero-order valence-corrected chi connectivity index (χ0v) is 16.7. The fourth-order valence-electron chi connectivity index (χ4n) is 3.14. The second-order valence-electron chi connectivity index (χ2n) is 6.99. The Morgan fingerprint density at radius 1 is 0.933 bits per heavy atom. The SMILES string of the molecule is CN(Cc1ccccc1)c1ccc(NC(=O)/C=C/c2cnc3ccccc3n2)cc1. The van der Waals surface area contributed by atoms with Gasteiger partial charge in [-0.25, -0.2) is 4.98 Å². The summed E-state index contributed by atoms with van der Waals surface area (Å²) in [7, 11) is 2.05. The molecular weight excluding hydrogens is 372 g/mol. The van der Waals surface area contributed by atoms with Gasteiger partial charge in [-0.05, 0) is 48.0 Å². The summed E-state index contributed by atoms with van der Waals surface area (Å²) in [5.74, 6) is -0.213. The number of amides is 1. The molecule has 1 heterocycles. The number of para-hydroxylation sites is 2. The summed E-state index contributed by atoms with van der Waals surface area (Å²) in [5.41, 5.74) is 5.35. The van der Waals surface area contributed by atoms with Crippen LogP contribution in [-0.4, -0.2) is 22.9 Å². The molecule has 0 fully saturated rings. The topological polar surface area (TPSA) is 58.1 Å². The van der Waals surface area contributed by atoms with Crippen LogP contribution in [0.15, 0.2) is 91.1 Å². The minimum Gasteiger partial charge on any atom is -0.370 e. The van der Waals surface area contributed by atoms with Crippen molar-refractivity contribution in [1.82, 2.24) is 9.97 Å². The number of nitrogens with zero attached hydrogens (tertiary/aromatic N) is 3. The molecule has 0 aliphatic heterocycles. The Labute approximate surface area is 175 Å². The summed E-state index contributed by atoms with van der Waals surface area (Å²) in [6, 6.07) is 25.8. The minimum atomic E-state index is -0.213. The molecule has 4 rings (SSSR count). The van der Waals surface area contributed by atoms with Gasteiger partial charge < -0.3 is 10.2 Å². The lowest BCUT2D eigenvalue weighted by Gasteiger charge is -2.19. The van der Waals surface area contributed by atoms with Gasteiger partial charge in [-0.15, -0.1) is 0 Å². The van der Waals surface area contributed by atoms with Crippen LogP contribution in [0, 0.1) is 0 Å². The third-order valence-electron chi connectivity index (χ3n) is 4.71. The highest BCUT2D eigenvalue weighted by molar-refractivity contribution is 6.01. The molecule has 1 N–H and O–H groups in total. The lowest BCUT2D eigenvalue weighted by Crippen LogP contribution is -2.16. The highest BCUT2D eigenvalue weighted by Crippen LogP contribution is 2.19. The van der Waals surface area contributed by atoms with E-state index in [2.05, 4.69) is 32.3 Å². The van der Waals surface area contributed by atoms with Gasteiger partial charge in [0.1, 0.15) is 0 Å². The van der Waals surface area contributed by atoms with Crippen LogP contribution in [0.4, 0.5) is 11.4 Å². The molecule has 0 saturated carbocycles. The van der Waals surface area contributed by atoms with Crippen LogP contribution in [0.3, 0.4) is 0 Å². The highest BCUT2D eigenvalue weighted by atomic mass is 16.1. The van der Waals surface area contributed by atoms with E-state index in [1.807, 2.05) is 73.8 Å². The van der Waals surface area contributed by atoms with Crippen LogP contribution < -0.4 is 10.2 Å². The Bertz CT molecular complexity index is 1170. The van der Waals surface area contributed by atoms with Gasteiger partial charge in [-0.2, -0.15) is 0 Å². The van der Waals surface area contributed by atoms with Gasteiger partial charge in [0.05, 0.1) is 22.9 Å². The van der Waals surface area contributed by atoms with Gasteiger partial charge in [-0.3, -0.25) is 9.78 Å². The average Bonchev–Trinajstić information content (AvgIpc) is 2.79. The largest absolute Gasteiger partial charge is 0.370 e. The first-order valence-electron chi connectivity index (χ1n) is 9.73. The van der Waals surface area contributed by atoms with Crippen molar-refractivity contribution in [2.45, 2.75) is 6.54 Å². The number of rotatable bonds is 6. The highest BCUT2D eigenvalue weighted by Gasteiger charge is 2.04. The second kappa shape index (κ2) is 9.01. The monoisotopic (exact) mass is 394 g/mol. The Morgan fingerprint density at radius 3 is 2.40 bits per heavy atom. The van der Waals surface area contributed by atoms with E-state index in [1.54, 1.807) is 12.3 Å². The first-order chi connectivity index (χ1) is 14.7. The molecule has 1 amide bonds. The van der Waals surface area contributed by atoms with Crippen molar-refractivity contribution in [3.8, 4) is 0 Å². The van der Waals surface area contributed by atoms with Crippen molar-refractivity contribution in [2.24, 2.45) is 0 Å². The fourth-order valence-corrected chi connectivity index (χ4v) is 3.14. The maximum atomic E-state index is 12.3. The Morgan fingerprint density at radius 2 is 1.63 bits per heavy atom. The number of carbonyl (C=O) groups excluding carboxylic acids is 1. The van der Waals surface area contributed by atoms with E-state index >= 15 is 0 Å². The standard InChI is InChI=1S/C25H22N4O/c1-29(18-19-7-3-2-4-8-19)22-14-11-20(12-15-22)28-25(30)16-13-21-17-26-23-9-5-6-10-24(23)27-21/h2-17H,18H2,1H3,(H,28,30)/b16-13+. The molecule has 3 aromatic carbocycles. The maximum Gasteiger partial charge on any atom is 0.248 e. The number of benzene rings is 3. The third-order valence-corrected chi connectivity index (χ3v) is 4.71. The van der Waals surface area contributed by atoms with E-state index in [0.717, 1.165) is 29.0 Å². The molecule has 0 saturated heterocycles. The molecule has 148 valence electrons. The lowest BCUT2D eigenvalue weighted by atomic mass is 10.2. The van der Waals surface area contributed by atoms with E-state index in [4.69, 9.17) is 0 Å². The molecular formula is C25H22N4O. The van der Waals surface area contributed by atoms with Crippen LogP contribution in [0.2, 0.25) is 0 Å². The van der Waals surface area contributed by atoms with Crippen molar-refractivity contribution >= 4 is 34.4 Å². The van der Waals surface area contributed by atoms with E-state index in [9.17, 15) is 4.79 Å². The van der Waals surface area contributed by atoms with Gasteiger partial charge in [-0.1, -0.05) is 42.5 Å². The molecule has 5 heteroatoms. The van der Waals surface area contributed by atoms with Crippen LogP contribution in [-0.2, 0) is 11.3 Å². The summed E-state index contributed by atoms with van der Waals surface area (Å²) in [6.07, 6.45) is 4.79. The average molecular weight is 394 g/mol. The molecule has 0 spiro atoms. The van der Waals surface area contributed by atoms with Crippen LogP contribution in [0.5, 0.6) is 0 Å². The first kappa shape index (κ1) is 19.3. The maximum absolute atomic E-state index is 12.3. The summed E-state index contributed by atoms with van der Waals surface area (Å²) in [4.78, 5) is 23.3. The normalized spacial score (nSPS) is 11.0. The van der Waals surface area contributed by atoms with Gasteiger partial charge in [0, 0.05) is 31.0 Å². The number of hydrogen-bond acceptors (Lipinski definition) is 4. The number of anilines is 2. The summed E-state index contributed by atoms with van der Waals surface area (Å²) in [5, 5.41) is 2.87. The van der Waals surface area contributed by atoms with Gasteiger partial charge in [0.25, 0.3) is 0 Å². The van der Waals surface area contributed by atoms with Crippen molar-refractivity contribution in [2.75, 3.05) is 17.3 Å². The van der Waals surface area contributed by atoms with Gasteiger partial charge >= 0.3 is 0 Å². The number of fused-ring (bicyclic) bond motifs is 1. The predicted octanol–water partition coefficient (Wildman–Crippen LogP) is 4.92. The minimum absolute atomic E-state index is 0.213. The van der Waals surface area contributed by atoms with Gasteiger partial charge in [0.2, 0.25) is 5.91 Å². The predicted molar refractivity (Wildman–Crippen MR) is 122 cm³/mol. The second-order valence-corrected chi connectivity index (χ2v) is 6.99. The molecule has 0 aliphatic carbocycles. The van der Waals surface area contributed by atoms with Crippen LogP contribution >= 0.6 is 0 Å². The van der Waals surface area contributed by atoms with E-state index in [-0.39, 0.29) is 5.91 Å². The van der Waals surface area contributed by atoms with E-state index in [0.29, 0.717) is 5.69 Å². The molecule has 0 bridgehead atoms. The summed E-state index contributed by atoms with van der Waals surface area (Å²) >= 11 is 0. The molecule has 4 aromatic rings. The lowest BCUT2D eigenvalue weighted by molar-refractivity contribution is -0.111. The quantitative estimate of drug-likeness (QED) is 0.472. The van der Waals surface area contributed by atoms with Gasteiger partial charge in [0.15, 0.2) is 0 Å². The molecule has 0 radical (unpaired) electrons. The molecule has 30 heavy (non-hydrogen) atoms. The fraction of sp³-hybridized carbons (Fsp3) is 0.0800. The Balaban J connectivity index is 1.36. The smallest absolute Gasteiger partial charge is 0.248 e. The van der Waals surface area contributed by atoms with Crippen molar-refractivity contribution < 1.29 is 4.79 Å². The first-order valence-corrected chi connectivity index (χ1v) is 9.73. The van der Waals surface area contributed by atoms with Crippen LogP contribution in [0.25, 0.3) is 17.1 Å².